The van der Waals surface area contributed by atoms with Gasteiger partial charge >= 0.3 is 0 Å². The molecule has 0 aromatic rings. The van der Waals surface area contributed by atoms with Crippen LogP contribution in [0, 0.1) is 0 Å². The van der Waals surface area contributed by atoms with Crippen LogP contribution in [0.1, 0.15) is 33.1 Å². The summed E-state index contributed by atoms with van der Waals surface area (Å²) in [5.74, 6) is 0.329. The Bertz CT molecular complexity index is 172. The number of rotatable bonds is 2. The van der Waals surface area contributed by atoms with E-state index >= 15 is 0 Å². The second-order valence-electron chi connectivity index (χ2n) is 3.64. The van der Waals surface area contributed by atoms with Crippen LogP contribution < -0.4 is 0 Å². The Morgan fingerprint density at radius 1 is 1.67 bits per heavy atom. The number of likely N-dealkylation sites (tertiary alicyclic amines) is 1. The molecule has 0 aromatic heterocycles. The van der Waals surface area contributed by atoms with Crippen LogP contribution in [0.2, 0.25) is 0 Å². The van der Waals surface area contributed by atoms with E-state index in [0.29, 0.717) is 24.0 Å². The molecule has 1 amide bonds. The molecule has 12 heavy (non-hydrogen) atoms. The Labute approximate surface area is 76.9 Å². The van der Waals surface area contributed by atoms with Crippen molar-refractivity contribution in [2.75, 3.05) is 6.54 Å². The molecule has 0 aromatic carbocycles. The van der Waals surface area contributed by atoms with Gasteiger partial charge in [0.15, 0.2) is 0 Å². The third-order valence-corrected chi connectivity index (χ3v) is 2.87. The molecule has 1 aliphatic rings. The van der Waals surface area contributed by atoms with Gasteiger partial charge in [-0.1, -0.05) is 6.92 Å². The molecule has 1 heterocycles. The van der Waals surface area contributed by atoms with E-state index < -0.39 is 0 Å². The van der Waals surface area contributed by atoms with Gasteiger partial charge in [-0.05, 0) is 25.4 Å². The lowest BCUT2D eigenvalue weighted by Crippen LogP contribution is -2.33. The summed E-state index contributed by atoms with van der Waals surface area (Å²) in [5.41, 5.74) is 0.612. The van der Waals surface area contributed by atoms with Crippen molar-refractivity contribution < 1.29 is 4.79 Å². The van der Waals surface area contributed by atoms with E-state index in [9.17, 15) is 4.79 Å². The largest absolute Gasteiger partial charge is 0.339 e. The topological polar surface area (TPSA) is 20.3 Å². The Balaban J connectivity index is 2.46. The van der Waals surface area contributed by atoms with E-state index in [1.165, 1.54) is 0 Å². The molecule has 2 nitrogen and oxygen atoms in total. The van der Waals surface area contributed by atoms with Crippen LogP contribution in [-0.4, -0.2) is 29.1 Å². The predicted molar refractivity (Wildman–Crippen MR) is 54.2 cm³/mol. The molecular weight excluding hydrogens is 169 g/mol. The number of carbonyl (C=O) groups excluding carboxylic acids is 1. The van der Waals surface area contributed by atoms with Crippen LogP contribution in [0.5, 0.6) is 0 Å². The highest BCUT2D eigenvalue weighted by Gasteiger charge is 2.28. The molecule has 3 heteroatoms. The lowest BCUT2D eigenvalue weighted by atomic mass is 10.2. The third kappa shape index (κ3) is 2.20. The molecule has 0 saturated carbocycles. The lowest BCUT2D eigenvalue weighted by Gasteiger charge is -2.20. The van der Waals surface area contributed by atoms with Gasteiger partial charge in [-0.3, -0.25) is 4.79 Å². The quantitative estimate of drug-likeness (QED) is 0.602. The fourth-order valence-electron chi connectivity index (χ4n) is 1.78. The molecule has 1 saturated heterocycles. The van der Waals surface area contributed by atoms with Gasteiger partial charge in [0.1, 0.15) is 0 Å². The summed E-state index contributed by atoms with van der Waals surface area (Å²) in [6.07, 6.45) is 2.81. The fraction of sp³-hybridized carbons (Fsp3) is 0.889. The average Bonchev–Trinajstić information content (AvgIpc) is 2.30. The Morgan fingerprint density at radius 3 is 2.75 bits per heavy atom. The van der Waals surface area contributed by atoms with E-state index in [-0.39, 0.29) is 0 Å². The number of hydrogen-bond acceptors (Lipinski definition) is 1. The Hall–Kier alpha value is -0.100. The van der Waals surface area contributed by atoms with Gasteiger partial charge in [-0.15, -0.1) is 9.24 Å². The molecule has 0 aliphatic carbocycles. The van der Waals surface area contributed by atoms with Crippen molar-refractivity contribution in [2.24, 2.45) is 0 Å². The van der Waals surface area contributed by atoms with Gasteiger partial charge in [0.2, 0.25) is 5.91 Å². The molecule has 0 N–H and O–H groups in total. The summed E-state index contributed by atoms with van der Waals surface area (Å²) in [6.45, 7) is 5.12. The maximum Gasteiger partial charge on any atom is 0.222 e. The first-order chi connectivity index (χ1) is 5.65. The van der Waals surface area contributed by atoms with Crippen LogP contribution in [0.15, 0.2) is 0 Å². The van der Waals surface area contributed by atoms with Gasteiger partial charge in [0.25, 0.3) is 0 Å². The van der Waals surface area contributed by atoms with Crippen molar-refractivity contribution in [3.05, 3.63) is 0 Å². The smallest absolute Gasteiger partial charge is 0.222 e. The summed E-state index contributed by atoms with van der Waals surface area (Å²) in [4.78, 5) is 13.5. The molecule has 1 fully saturated rings. The molecule has 1 rings (SSSR count). The number of carbonyl (C=O) groups is 1. The number of nitrogens with zero attached hydrogens (tertiary/aromatic N) is 1. The van der Waals surface area contributed by atoms with Crippen molar-refractivity contribution in [1.82, 2.24) is 4.90 Å². The van der Waals surface area contributed by atoms with E-state index in [4.69, 9.17) is 0 Å². The van der Waals surface area contributed by atoms with Gasteiger partial charge in [-0.25, -0.2) is 0 Å². The minimum Gasteiger partial charge on any atom is -0.339 e. The molecular formula is C9H18NOP. The minimum atomic E-state index is 0.329. The Kier molecular flexibility index (Phi) is 3.52. The summed E-state index contributed by atoms with van der Waals surface area (Å²) in [7, 11) is 2.81. The maximum atomic E-state index is 11.5. The highest BCUT2D eigenvalue weighted by atomic mass is 31.0. The fourth-order valence-corrected chi connectivity index (χ4v) is 2.40. The van der Waals surface area contributed by atoms with Crippen molar-refractivity contribution >= 4 is 15.1 Å². The normalized spacial score (nSPS) is 29.4. The summed E-state index contributed by atoms with van der Waals surface area (Å²) in [6, 6.07) is 0.451. The van der Waals surface area contributed by atoms with Gasteiger partial charge in [0, 0.05) is 19.0 Å². The average molecular weight is 187 g/mol. The van der Waals surface area contributed by atoms with E-state index in [1.54, 1.807) is 0 Å². The monoisotopic (exact) mass is 187 g/mol. The molecule has 1 aliphatic heterocycles. The Morgan fingerprint density at radius 2 is 2.33 bits per heavy atom. The van der Waals surface area contributed by atoms with Crippen molar-refractivity contribution in [3.8, 4) is 0 Å². The zero-order valence-electron chi connectivity index (χ0n) is 7.92. The van der Waals surface area contributed by atoms with Crippen LogP contribution in [0.3, 0.4) is 0 Å². The van der Waals surface area contributed by atoms with Gasteiger partial charge < -0.3 is 4.90 Å². The first-order valence-corrected chi connectivity index (χ1v) is 5.36. The van der Waals surface area contributed by atoms with Crippen molar-refractivity contribution in [3.63, 3.8) is 0 Å². The molecule has 3 atom stereocenters. The van der Waals surface area contributed by atoms with Crippen LogP contribution >= 0.6 is 9.24 Å². The number of amides is 1. The van der Waals surface area contributed by atoms with E-state index in [1.807, 2.05) is 4.90 Å². The molecule has 0 radical (unpaired) electrons. The predicted octanol–water partition coefficient (Wildman–Crippen LogP) is 1.65. The molecule has 0 bridgehead atoms. The van der Waals surface area contributed by atoms with Crippen LogP contribution in [0.4, 0.5) is 0 Å². The van der Waals surface area contributed by atoms with Gasteiger partial charge in [-0.2, -0.15) is 0 Å². The van der Waals surface area contributed by atoms with Crippen LogP contribution in [0.25, 0.3) is 0 Å². The standard InChI is InChI=1S/C9H18NOP/c1-3-4-9(11)10-6-8(12)5-7(10)2/h7-8H,3-6,12H2,1-2H3. The van der Waals surface area contributed by atoms with E-state index in [0.717, 1.165) is 19.4 Å². The minimum absolute atomic E-state index is 0.329. The first kappa shape index (κ1) is 9.98. The number of hydrogen-bond donors (Lipinski definition) is 0. The van der Waals surface area contributed by atoms with Gasteiger partial charge in [0.05, 0.1) is 0 Å². The first-order valence-electron chi connectivity index (χ1n) is 4.70. The summed E-state index contributed by atoms with van der Waals surface area (Å²) in [5, 5.41) is 0. The lowest BCUT2D eigenvalue weighted by molar-refractivity contribution is -0.131. The molecule has 0 spiro atoms. The molecule has 3 unspecified atom stereocenters. The third-order valence-electron chi connectivity index (χ3n) is 2.39. The summed E-state index contributed by atoms with van der Waals surface area (Å²) < 4.78 is 0. The van der Waals surface area contributed by atoms with E-state index in [2.05, 4.69) is 23.1 Å². The van der Waals surface area contributed by atoms with Crippen molar-refractivity contribution in [2.45, 2.75) is 44.8 Å². The second-order valence-corrected chi connectivity index (χ2v) is 4.58. The zero-order chi connectivity index (χ0) is 9.14. The molecule has 70 valence electrons. The highest BCUT2D eigenvalue weighted by molar-refractivity contribution is 7.17. The van der Waals surface area contributed by atoms with Crippen molar-refractivity contribution in [1.29, 1.82) is 0 Å². The zero-order valence-corrected chi connectivity index (χ0v) is 9.07. The highest BCUT2D eigenvalue weighted by Crippen LogP contribution is 2.23. The van der Waals surface area contributed by atoms with Crippen LogP contribution in [-0.2, 0) is 4.79 Å². The maximum absolute atomic E-state index is 11.5. The second kappa shape index (κ2) is 4.23. The summed E-state index contributed by atoms with van der Waals surface area (Å²) >= 11 is 0. The SMILES string of the molecule is CCCC(=O)N1CC(P)CC1C.